The number of carbonyl (C=O) groups is 1. The van der Waals surface area contributed by atoms with Crippen molar-refractivity contribution in [3.8, 4) is 0 Å². The van der Waals surface area contributed by atoms with Crippen LogP contribution in [0.25, 0.3) is 0 Å². The van der Waals surface area contributed by atoms with Gasteiger partial charge in [0.25, 0.3) is 0 Å². The molecule has 0 radical (unpaired) electrons. The number of rotatable bonds is 16. The maximum absolute atomic E-state index is 11.8. The summed E-state index contributed by atoms with van der Waals surface area (Å²) >= 11 is 0. The van der Waals surface area contributed by atoms with Crippen molar-refractivity contribution in [1.82, 2.24) is 10.9 Å². The summed E-state index contributed by atoms with van der Waals surface area (Å²) in [6.45, 7) is 2.87. The van der Waals surface area contributed by atoms with E-state index in [1.54, 1.807) is 0 Å². The number of nitrogens with one attached hydrogen (secondary N) is 2. The van der Waals surface area contributed by atoms with Crippen LogP contribution in [0.1, 0.15) is 76.7 Å². The molecule has 0 saturated heterocycles. The first-order valence-electron chi connectivity index (χ1n) is 10.9. The topological polar surface area (TPSA) is 41.1 Å². The molecule has 1 aromatic carbocycles. The van der Waals surface area contributed by atoms with Crippen LogP contribution < -0.4 is 10.9 Å². The molecular weight excluding hydrogens is 344 g/mol. The van der Waals surface area contributed by atoms with Gasteiger partial charge in [0.2, 0.25) is 5.91 Å². The van der Waals surface area contributed by atoms with Crippen LogP contribution >= 0.6 is 0 Å². The zero-order valence-corrected chi connectivity index (χ0v) is 17.5. The van der Waals surface area contributed by atoms with Gasteiger partial charge in [0.05, 0.1) is 0 Å². The van der Waals surface area contributed by atoms with Gasteiger partial charge in [0.1, 0.15) is 0 Å². The molecule has 0 aromatic heterocycles. The predicted molar refractivity (Wildman–Crippen MR) is 121 cm³/mol. The smallest absolute Gasteiger partial charge is 0.234 e. The van der Waals surface area contributed by atoms with E-state index in [4.69, 9.17) is 0 Å². The molecule has 3 nitrogen and oxygen atoms in total. The second kappa shape index (κ2) is 18.2. The van der Waals surface area contributed by atoms with Crippen molar-refractivity contribution in [2.75, 3.05) is 0 Å². The third-order valence-corrected chi connectivity index (χ3v) is 4.47. The Morgan fingerprint density at radius 1 is 0.821 bits per heavy atom. The number of hydrogen-bond donors (Lipinski definition) is 2. The fourth-order valence-electron chi connectivity index (χ4n) is 2.78. The summed E-state index contributed by atoms with van der Waals surface area (Å²) in [6, 6.07) is 10.1. The van der Waals surface area contributed by atoms with Gasteiger partial charge in [0, 0.05) is 13.0 Å². The van der Waals surface area contributed by atoms with Gasteiger partial charge in [-0.2, -0.15) is 0 Å². The second-order valence-electron chi connectivity index (χ2n) is 7.08. The van der Waals surface area contributed by atoms with Crippen LogP contribution in [0.4, 0.5) is 0 Å². The molecule has 0 aliphatic carbocycles. The number of hydrazine groups is 1. The van der Waals surface area contributed by atoms with Gasteiger partial charge in [-0.3, -0.25) is 10.2 Å². The minimum Gasteiger partial charge on any atom is -0.291 e. The van der Waals surface area contributed by atoms with Crippen molar-refractivity contribution in [2.45, 2.75) is 77.7 Å². The SMILES string of the molecule is CCCC/C=C/C=C/C=C\CCCCCCCC(=O)NNCc1ccccc1. The first-order chi connectivity index (χ1) is 13.8. The molecule has 1 amide bonds. The van der Waals surface area contributed by atoms with Crippen LogP contribution in [0.3, 0.4) is 0 Å². The van der Waals surface area contributed by atoms with Crippen LogP contribution in [-0.2, 0) is 11.3 Å². The molecule has 28 heavy (non-hydrogen) atoms. The molecule has 154 valence electrons. The van der Waals surface area contributed by atoms with Crippen LogP contribution in [0.5, 0.6) is 0 Å². The Hall–Kier alpha value is -2.13. The van der Waals surface area contributed by atoms with Gasteiger partial charge in [0.15, 0.2) is 0 Å². The highest BCUT2D eigenvalue weighted by Gasteiger charge is 2.00. The van der Waals surface area contributed by atoms with Crippen LogP contribution in [0.2, 0.25) is 0 Å². The fourth-order valence-corrected chi connectivity index (χ4v) is 2.78. The fraction of sp³-hybridized carbons (Fsp3) is 0.480. The Morgan fingerprint density at radius 2 is 1.46 bits per heavy atom. The first kappa shape index (κ1) is 23.9. The highest BCUT2D eigenvalue weighted by Crippen LogP contribution is 2.07. The highest BCUT2D eigenvalue weighted by molar-refractivity contribution is 5.75. The summed E-state index contributed by atoms with van der Waals surface area (Å²) in [5.74, 6) is 0.0781. The average Bonchev–Trinajstić information content (AvgIpc) is 2.71. The lowest BCUT2D eigenvalue weighted by molar-refractivity contribution is -0.122. The maximum atomic E-state index is 11.8. The molecule has 1 rings (SSSR count). The van der Waals surface area contributed by atoms with E-state index in [-0.39, 0.29) is 5.91 Å². The molecule has 2 N–H and O–H groups in total. The molecule has 0 fully saturated rings. The minimum atomic E-state index is 0.0781. The third kappa shape index (κ3) is 15.0. The number of carbonyl (C=O) groups excluding carboxylic acids is 1. The second-order valence-corrected chi connectivity index (χ2v) is 7.08. The van der Waals surface area contributed by atoms with E-state index in [1.165, 1.54) is 38.5 Å². The van der Waals surface area contributed by atoms with Crippen molar-refractivity contribution >= 4 is 5.91 Å². The molecular formula is C25H38N2O. The summed E-state index contributed by atoms with van der Waals surface area (Å²) in [7, 11) is 0. The van der Waals surface area contributed by atoms with Gasteiger partial charge in [-0.15, -0.1) is 0 Å². The van der Waals surface area contributed by atoms with E-state index in [0.29, 0.717) is 13.0 Å². The molecule has 0 spiro atoms. The molecule has 1 aromatic rings. The maximum Gasteiger partial charge on any atom is 0.234 e. The van der Waals surface area contributed by atoms with Gasteiger partial charge in [-0.1, -0.05) is 106 Å². The van der Waals surface area contributed by atoms with Crippen LogP contribution in [0.15, 0.2) is 66.8 Å². The first-order valence-corrected chi connectivity index (χ1v) is 10.9. The molecule has 0 saturated carbocycles. The molecule has 0 atom stereocenters. The van der Waals surface area contributed by atoms with Gasteiger partial charge in [-0.25, -0.2) is 5.43 Å². The Kier molecular flexibility index (Phi) is 15.6. The standard InChI is InChI=1S/C25H38N2O/c1-2-3-4-5-6-7-8-9-10-11-12-13-14-15-19-22-25(28)27-26-23-24-20-17-16-18-21-24/h5-10,16-18,20-21,26H,2-4,11-15,19,22-23H2,1H3,(H,27,28)/b6-5+,8-7+,10-9-. The quantitative estimate of drug-likeness (QED) is 0.197. The van der Waals surface area contributed by atoms with E-state index in [0.717, 1.165) is 24.8 Å². The number of amides is 1. The summed E-state index contributed by atoms with van der Waals surface area (Å²) in [4.78, 5) is 11.8. The van der Waals surface area contributed by atoms with Crippen molar-refractivity contribution in [3.05, 3.63) is 72.4 Å². The zero-order valence-electron chi connectivity index (χ0n) is 17.5. The summed E-state index contributed by atoms with van der Waals surface area (Å²) in [5.41, 5.74) is 6.92. The van der Waals surface area contributed by atoms with Crippen molar-refractivity contribution in [2.24, 2.45) is 0 Å². The van der Waals surface area contributed by atoms with E-state index in [9.17, 15) is 4.79 Å². The molecule has 0 bridgehead atoms. The minimum absolute atomic E-state index is 0.0781. The molecule has 0 aliphatic rings. The lowest BCUT2D eigenvalue weighted by Gasteiger charge is -2.07. The van der Waals surface area contributed by atoms with Crippen molar-refractivity contribution < 1.29 is 4.79 Å². The summed E-state index contributed by atoms with van der Waals surface area (Å²) < 4.78 is 0. The summed E-state index contributed by atoms with van der Waals surface area (Å²) in [5, 5.41) is 0. The summed E-state index contributed by atoms with van der Waals surface area (Å²) in [6.07, 6.45) is 24.1. The van der Waals surface area contributed by atoms with Gasteiger partial charge in [-0.05, 0) is 31.2 Å². The van der Waals surface area contributed by atoms with Crippen LogP contribution in [0, 0.1) is 0 Å². The van der Waals surface area contributed by atoms with E-state index >= 15 is 0 Å². The number of allylic oxidation sites excluding steroid dienone is 6. The number of hydrogen-bond acceptors (Lipinski definition) is 2. The van der Waals surface area contributed by atoms with Gasteiger partial charge >= 0.3 is 0 Å². The van der Waals surface area contributed by atoms with Gasteiger partial charge < -0.3 is 0 Å². The van der Waals surface area contributed by atoms with E-state index in [2.05, 4.69) is 54.2 Å². The lowest BCUT2D eigenvalue weighted by atomic mass is 10.1. The van der Waals surface area contributed by atoms with Crippen molar-refractivity contribution in [3.63, 3.8) is 0 Å². The molecule has 0 aliphatic heterocycles. The molecule has 0 heterocycles. The Bertz CT molecular complexity index is 575. The van der Waals surface area contributed by atoms with Crippen molar-refractivity contribution in [1.29, 1.82) is 0 Å². The Balaban J connectivity index is 1.88. The normalized spacial score (nSPS) is 11.8. The highest BCUT2D eigenvalue weighted by atomic mass is 16.2. The largest absolute Gasteiger partial charge is 0.291 e. The number of unbranched alkanes of at least 4 members (excludes halogenated alkanes) is 7. The third-order valence-electron chi connectivity index (χ3n) is 4.47. The molecule has 3 heteroatoms. The molecule has 0 unspecified atom stereocenters. The zero-order chi connectivity index (χ0) is 20.1. The van der Waals surface area contributed by atoms with E-state index < -0.39 is 0 Å². The lowest BCUT2D eigenvalue weighted by Crippen LogP contribution is -2.36. The Morgan fingerprint density at radius 3 is 2.18 bits per heavy atom. The van der Waals surface area contributed by atoms with E-state index in [1.807, 2.05) is 30.3 Å². The number of benzene rings is 1. The van der Waals surface area contributed by atoms with Crippen LogP contribution in [-0.4, -0.2) is 5.91 Å². The average molecular weight is 383 g/mol. The Labute approximate surface area is 172 Å². The monoisotopic (exact) mass is 382 g/mol. The predicted octanol–water partition coefficient (Wildman–Crippen LogP) is 6.40.